The summed E-state index contributed by atoms with van der Waals surface area (Å²) in [6.45, 7) is 2.36. The van der Waals surface area contributed by atoms with E-state index in [1.807, 2.05) is 6.92 Å². The third-order valence-electron chi connectivity index (χ3n) is 3.71. The second-order valence-electron chi connectivity index (χ2n) is 5.20. The van der Waals surface area contributed by atoms with Crippen LogP contribution >= 0.6 is 0 Å². The molecule has 17 heavy (non-hydrogen) atoms. The zero-order valence-electron chi connectivity index (χ0n) is 10.4. The number of carbonyl (C=O) groups is 2. The van der Waals surface area contributed by atoms with Crippen LogP contribution in [0.2, 0.25) is 0 Å². The minimum Gasteiger partial charge on any atom is -0.462 e. The first-order chi connectivity index (χ1) is 8.16. The molecule has 4 heteroatoms. The van der Waals surface area contributed by atoms with Gasteiger partial charge in [0.15, 0.2) is 0 Å². The smallest absolute Gasteiger partial charge is 0.307 e. The molecule has 0 aliphatic heterocycles. The fourth-order valence-corrected chi connectivity index (χ4v) is 2.03. The lowest BCUT2D eigenvalue weighted by atomic mass is 9.85. The van der Waals surface area contributed by atoms with Crippen molar-refractivity contribution in [1.82, 2.24) is 5.32 Å². The Hall–Kier alpha value is -1.06. The van der Waals surface area contributed by atoms with Crippen molar-refractivity contribution in [3.8, 4) is 0 Å². The Balaban J connectivity index is 1.54. The van der Waals surface area contributed by atoms with Gasteiger partial charge < -0.3 is 10.1 Å². The van der Waals surface area contributed by atoms with Gasteiger partial charge in [-0.25, -0.2) is 0 Å². The van der Waals surface area contributed by atoms with Crippen LogP contribution in [0.3, 0.4) is 0 Å². The van der Waals surface area contributed by atoms with Crippen molar-refractivity contribution in [2.75, 3.05) is 6.54 Å². The molecule has 2 rings (SSSR count). The van der Waals surface area contributed by atoms with E-state index < -0.39 is 0 Å². The van der Waals surface area contributed by atoms with Gasteiger partial charge in [-0.1, -0.05) is 6.42 Å². The number of esters is 1. The number of nitrogens with one attached hydrogen (secondary N) is 1. The molecule has 0 bridgehead atoms. The van der Waals surface area contributed by atoms with Crippen LogP contribution in [0.25, 0.3) is 0 Å². The van der Waals surface area contributed by atoms with Crippen LogP contribution in [-0.2, 0) is 14.3 Å². The highest BCUT2D eigenvalue weighted by Crippen LogP contribution is 2.34. The molecule has 4 nitrogen and oxygen atoms in total. The lowest BCUT2D eigenvalue weighted by Gasteiger charge is -2.23. The Morgan fingerprint density at radius 1 is 1.29 bits per heavy atom. The van der Waals surface area contributed by atoms with Crippen molar-refractivity contribution in [1.29, 1.82) is 0 Å². The minimum absolute atomic E-state index is 0.0461. The summed E-state index contributed by atoms with van der Waals surface area (Å²) in [5.41, 5.74) is 0. The fourth-order valence-electron chi connectivity index (χ4n) is 2.03. The predicted molar refractivity (Wildman–Crippen MR) is 63.2 cm³/mol. The number of hydrogen-bond donors (Lipinski definition) is 1. The Bertz CT molecular complexity index is 295. The van der Waals surface area contributed by atoms with Crippen molar-refractivity contribution in [2.24, 2.45) is 11.8 Å². The number of amides is 1. The maximum atomic E-state index is 11.5. The van der Waals surface area contributed by atoms with Gasteiger partial charge in [-0.05, 0) is 38.5 Å². The first-order valence-electron chi connectivity index (χ1n) is 6.64. The lowest BCUT2D eigenvalue weighted by molar-refractivity contribution is -0.149. The normalized spacial score (nSPS) is 21.5. The third-order valence-corrected chi connectivity index (χ3v) is 3.71. The van der Waals surface area contributed by atoms with Gasteiger partial charge in [0, 0.05) is 12.5 Å². The van der Waals surface area contributed by atoms with E-state index in [0.717, 1.165) is 19.3 Å². The fraction of sp³-hybridized carbons (Fsp3) is 0.846. The first kappa shape index (κ1) is 12.4. The number of carbonyl (C=O) groups excluding carboxylic acids is 2. The topological polar surface area (TPSA) is 55.4 Å². The van der Waals surface area contributed by atoms with Gasteiger partial charge in [0.2, 0.25) is 5.91 Å². The van der Waals surface area contributed by atoms with Crippen LogP contribution in [0.1, 0.15) is 45.4 Å². The molecular weight excluding hydrogens is 218 g/mol. The molecule has 0 radical (unpaired) electrons. The van der Waals surface area contributed by atoms with Crippen LogP contribution in [0.5, 0.6) is 0 Å². The van der Waals surface area contributed by atoms with Crippen molar-refractivity contribution >= 4 is 11.9 Å². The molecule has 1 N–H and O–H groups in total. The lowest BCUT2D eigenvalue weighted by Crippen LogP contribution is -2.35. The van der Waals surface area contributed by atoms with E-state index in [9.17, 15) is 9.59 Å². The molecule has 2 aliphatic carbocycles. The molecule has 0 aromatic rings. The summed E-state index contributed by atoms with van der Waals surface area (Å²) in [6.07, 6.45) is 5.82. The molecule has 0 aromatic heterocycles. The standard InChI is InChI=1S/C13H21NO3/c1-9(10-5-6-10)17-12(15)7-8-14-13(16)11-3-2-4-11/h9-11H,2-8H2,1H3,(H,14,16). The van der Waals surface area contributed by atoms with Gasteiger partial charge in [-0.3, -0.25) is 9.59 Å². The van der Waals surface area contributed by atoms with Gasteiger partial charge in [-0.2, -0.15) is 0 Å². The average molecular weight is 239 g/mol. The van der Waals surface area contributed by atoms with Crippen molar-refractivity contribution < 1.29 is 14.3 Å². The van der Waals surface area contributed by atoms with E-state index >= 15 is 0 Å². The van der Waals surface area contributed by atoms with Crippen LogP contribution < -0.4 is 5.32 Å². The Morgan fingerprint density at radius 3 is 2.53 bits per heavy atom. The van der Waals surface area contributed by atoms with Gasteiger partial charge in [0.25, 0.3) is 0 Å². The van der Waals surface area contributed by atoms with Gasteiger partial charge >= 0.3 is 5.97 Å². The number of ether oxygens (including phenoxy) is 1. The Kier molecular flexibility index (Phi) is 4.02. The van der Waals surface area contributed by atoms with Crippen molar-refractivity contribution in [3.05, 3.63) is 0 Å². The minimum atomic E-state index is -0.196. The number of rotatable bonds is 6. The highest BCUT2D eigenvalue weighted by Gasteiger charge is 2.30. The molecule has 2 saturated carbocycles. The van der Waals surface area contributed by atoms with E-state index in [4.69, 9.17) is 4.74 Å². The first-order valence-corrected chi connectivity index (χ1v) is 6.64. The van der Waals surface area contributed by atoms with Crippen LogP contribution in [0.15, 0.2) is 0 Å². The molecular formula is C13H21NO3. The van der Waals surface area contributed by atoms with Gasteiger partial charge in [0.05, 0.1) is 6.42 Å². The molecule has 1 atom stereocenters. The van der Waals surface area contributed by atoms with Crippen molar-refractivity contribution in [2.45, 2.75) is 51.6 Å². The molecule has 0 saturated heterocycles. The second-order valence-corrected chi connectivity index (χ2v) is 5.20. The molecule has 0 heterocycles. The molecule has 1 unspecified atom stereocenters. The largest absolute Gasteiger partial charge is 0.462 e. The van der Waals surface area contributed by atoms with Crippen LogP contribution in [0, 0.1) is 11.8 Å². The monoisotopic (exact) mass is 239 g/mol. The van der Waals surface area contributed by atoms with Gasteiger partial charge in [-0.15, -0.1) is 0 Å². The van der Waals surface area contributed by atoms with Gasteiger partial charge in [0.1, 0.15) is 6.10 Å². The summed E-state index contributed by atoms with van der Waals surface area (Å²) in [5, 5.41) is 2.79. The maximum absolute atomic E-state index is 11.5. The Labute approximate surface area is 102 Å². The quantitative estimate of drug-likeness (QED) is 0.717. The predicted octanol–water partition coefficient (Wildman–Crippen LogP) is 1.63. The van der Waals surface area contributed by atoms with E-state index in [-0.39, 0.29) is 30.3 Å². The summed E-state index contributed by atoms with van der Waals surface area (Å²) in [7, 11) is 0. The molecule has 1 amide bonds. The summed E-state index contributed by atoms with van der Waals surface area (Å²) < 4.78 is 5.27. The summed E-state index contributed by atoms with van der Waals surface area (Å²) >= 11 is 0. The van der Waals surface area contributed by atoms with Crippen molar-refractivity contribution in [3.63, 3.8) is 0 Å². The SMILES string of the molecule is CC(OC(=O)CCNC(=O)C1CCC1)C1CC1. The molecule has 0 spiro atoms. The van der Waals surface area contributed by atoms with E-state index in [0.29, 0.717) is 12.5 Å². The Morgan fingerprint density at radius 2 is 2.00 bits per heavy atom. The van der Waals surface area contributed by atoms with Crippen LogP contribution in [-0.4, -0.2) is 24.5 Å². The number of hydrogen-bond acceptors (Lipinski definition) is 3. The van der Waals surface area contributed by atoms with E-state index in [2.05, 4.69) is 5.32 Å². The molecule has 2 aliphatic rings. The van der Waals surface area contributed by atoms with Crippen LogP contribution in [0.4, 0.5) is 0 Å². The highest BCUT2D eigenvalue weighted by atomic mass is 16.5. The summed E-state index contributed by atoms with van der Waals surface area (Å²) in [5.74, 6) is 0.664. The average Bonchev–Trinajstić information content (AvgIpc) is 2.97. The maximum Gasteiger partial charge on any atom is 0.307 e. The highest BCUT2D eigenvalue weighted by molar-refractivity contribution is 5.80. The molecule has 0 aromatic carbocycles. The summed E-state index contributed by atoms with van der Waals surface area (Å²) in [4.78, 5) is 22.9. The zero-order valence-corrected chi connectivity index (χ0v) is 10.4. The molecule has 2 fully saturated rings. The summed E-state index contributed by atoms with van der Waals surface area (Å²) in [6, 6.07) is 0. The van der Waals surface area contributed by atoms with E-state index in [1.54, 1.807) is 0 Å². The molecule has 96 valence electrons. The third kappa shape index (κ3) is 3.72. The second kappa shape index (κ2) is 5.52. The zero-order chi connectivity index (χ0) is 12.3. The van der Waals surface area contributed by atoms with E-state index in [1.165, 1.54) is 12.8 Å².